The number of ether oxygens (including phenoxy) is 1. The smallest absolute Gasteiger partial charge is 0.257 e. The Morgan fingerprint density at radius 1 is 0.935 bits per heavy atom. The molecule has 1 N–H and O–H groups in total. The molecule has 0 radical (unpaired) electrons. The topological polar surface area (TPSA) is 57.2 Å². The molecule has 0 atom stereocenters. The number of carbonyl (C=O) groups excluding carboxylic acids is 1. The van der Waals surface area contributed by atoms with Crippen LogP contribution in [-0.4, -0.2) is 61.0 Å². The van der Waals surface area contributed by atoms with Gasteiger partial charge in [0.1, 0.15) is 11.4 Å². The van der Waals surface area contributed by atoms with Gasteiger partial charge in [-0.05, 0) is 37.1 Å². The summed E-state index contributed by atoms with van der Waals surface area (Å²) in [6.07, 6.45) is 6.69. The zero-order chi connectivity index (χ0) is 21.5. The number of amides is 1. The van der Waals surface area contributed by atoms with E-state index in [0.29, 0.717) is 29.0 Å². The SMILES string of the molecule is COc1ccccc1N=C(NC(=O)c1ccccc1)N1CCN(C2CCCCC2)CC1. The van der Waals surface area contributed by atoms with E-state index >= 15 is 0 Å². The molecule has 4 rings (SSSR count). The Balaban J connectivity index is 1.52. The number of guanidine groups is 1. The number of rotatable bonds is 4. The number of benzene rings is 2. The third-order valence-electron chi connectivity index (χ3n) is 6.28. The van der Waals surface area contributed by atoms with E-state index in [0.717, 1.165) is 26.2 Å². The van der Waals surface area contributed by atoms with Gasteiger partial charge in [-0.2, -0.15) is 0 Å². The van der Waals surface area contributed by atoms with Gasteiger partial charge in [0.25, 0.3) is 5.91 Å². The first-order valence-electron chi connectivity index (χ1n) is 11.3. The van der Waals surface area contributed by atoms with Crippen LogP contribution in [0.1, 0.15) is 42.5 Å². The maximum absolute atomic E-state index is 12.9. The summed E-state index contributed by atoms with van der Waals surface area (Å²) in [6, 6.07) is 17.6. The number of aliphatic imine (C=N–C) groups is 1. The first-order chi connectivity index (χ1) is 15.2. The summed E-state index contributed by atoms with van der Waals surface area (Å²) in [5.41, 5.74) is 1.33. The molecule has 31 heavy (non-hydrogen) atoms. The van der Waals surface area contributed by atoms with Crippen molar-refractivity contribution in [1.29, 1.82) is 0 Å². The molecule has 1 saturated carbocycles. The molecule has 0 aromatic heterocycles. The Hall–Kier alpha value is -2.86. The fourth-order valence-corrected chi connectivity index (χ4v) is 4.52. The minimum atomic E-state index is -0.149. The van der Waals surface area contributed by atoms with E-state index in [9.17, 15) is 4.79 Å². The van der Waals surface area contributed by atoms with Crippen molar-refractivity contribution >= 4 is 17.6 Å². The van der Waals surface area contributed by atoms with E-state index in [2.05, 4.69) is 15.1 Å². The minimum absolute atomic E-state index is 0.149. The Morgan fingerprint density at radius 2 is 1.61 bits per heavy atom. The highest BCUT2D eigenvalue weighted by atomic mass is 16.5. The van der Waals surface area contributed by atoms with Gasteiger partial charge in [-0.15, -0.1) is 0 Å². The lowest BCUT2D eigenvalue weighted by Gasteiger charge is -2.41. The van der Waals surface area contributed by atoms with Crippen molar-refractivity contribution in [3.63, 3.8) is 0 Å². The standard InChI is InChI=1S/C25H32N4O2/c1-31-23-15-9-8-14-22(23)26-25(27-24(30)20-10-4-2-5-11-20)29-18-16-28(17-19-29)21-12-6-3-7-13-21/h2,4-5,8-11,14-15,21H,3,6-7,12-13,16-19H2,1H3,(H,26,27,30). The molecular weight excluding hydrogens is 388 g/mol. The van der Waals surface area contributed by atoms with Gasteiger partial charge in [0.15, 0.2) is 0 Å². The zero-order valence-electron chi connectivity index (χ0n) is 18.3. The van der Waals surface area contributed by atoms with Crippen molar-refractivity contribution in [2.24, 2.45) is 4.99 Å². The van der Waals surface area contributed by atoms with Crippen LogP contribution in [0.25, 0.3) is 0 Å². The van der Waals surface area contributed by atoms with Crippen LogP contribution in [0.2, 0.25) is 0 Å². The van der Waals surface area contributed by atoms with Crippen LogP contribution in [-0.2, 0) is 0 Å². The summed E-state index contributed by atoms with van der Waals surface area (Å²) in [6.45, 7) is 3.69. The number of nitrogens with zero attached hydrogens (tertiary/aromatic N) is 3. The van der Waals surface area contributed by atoms with E-state index in [4.69, 9.17) is 9.73 Å². The Morgan fingerprint density at radius 3 is 2.32 bits per heavy atom. The van der Waals surface area contributed by atoms with Crippen molar-refractivity contribution in [2.45, 2.75) is 38.1 Å². The van der Waals surface area contributed by atoms with Crippen LogP contribution in [0.4, 0.5) is 5.69 Å². The van der Waals surface area contributed by atoms with Gasteiger partial charge < -0.3 is 9.64 Å². The highest BCUT2D eigenvalue weighted by Crippen LogP contribution is 2.27. The number of nitrogens with one attached hydrogen (secondary N) is 1. The van der Waals surface area contributed by atoms with Crippen molar-refractivity contribution in [2.75, 3.05) is 33.3 Å². The molecule has 2 aliphatic rings. The van der Waals surface area contributed by atoms with Gasteiger partial charge in [0, 0.05) is 37.8 Å². The van der Waals surface area contributed by atoms with Crippen LogP contribution in [0, 0.1) is 0 Å². The molecule has 6 heteroatoms. The van der Waals surface area contributed by atoms with E-state index in [-0.39, 0.29) is 5.91 Å². The predicted octanol–water partition coefficient (Wildman–Crippen LogP) is 4.06. The second-order valence-corrected chi connectivity index (χ2v) is 8.24. The molecule has 2 fully saturated rings. The third-order valence-corrected chi connectivity index (χ3v) is 6.28. The van der Waals surface area contributed by atoms with Gasteiger partial charge in [-0.1, -0.05) is 49.6 Å². The lowest BCUT2D eigenvalue weighted by Crippen LogP contribution is -2.55. The molecular formula is C25H32N4O2. The average Bonchev–Trinajstić information content (AvgIpc) is 2.85. The van der Waals surface area contributed by atoms with Crippen LogP contribution >= 0.6 is 0 Å². The fraction of sp³-hybridized carbons (Fsp3) is 0.440. The van der Waals surface area contributed by atoms with Gasteiger partial charge >= 0.3 is 0 Å². The molecule has 0 unspecified atom stereocenters. The van der Waals surface area contributed by atoms with Gasteiger partial charge in [0.05, 0.1) is 7.11 Å². The van der Waals surface area contributed by atoms with Crippen LogP contribution in [0.15, 0.2) is 59.6 Å². The lowest BCUT2D eigenvalue weighted by atomic mass is 9.94. The van der Waals surface area contributed by atoms with Crippen LogP contribution in [0.3, 0.4) is 0 Å². The first kappa shape index (κ1) is 21.4. The number of hydrogen-bond acceptors (Lipinski definition) is 4. The summed E-state index contributed by atoms with van der Waals surface area (Å²) in [7, 11) is 1.64. The summed E-state index contributed by atoms with van der Waals surface area (Å²) < 4.78 is 5.47. The molecule has 0 bridgehead atoms. The number of carbonyl (C=O) groups is 1. The number of piperazine rings is 1. The highest BCUT2D eigenvalue weighted by molar-refractivity contribution is 6.06. The normalized spacial score (nSPS) is 18.6. The summed E-state index contributed by atoms with van der Waals surface area (Å²) in [5.74, 6) is 1.13. The summed E-state index contributed by atoms with van der Waals surface area (Å²) >= 11 is 0. The third kappa shape index (κ3) is 5.44. The quantitative estimate of drug-likeness (QED) is 0.599. The number of hydrogen-bond donors (Lipinski definition) is 1. The molecule has 6 nitrogen and oxygen atoms in total. The largest absolute Gasteiger partial charge is 0.494 e. The molecule has 1 aliphatic carbocycles. The fourth-order valence-electron chi connectivity index (χ4n) is 4.52. The molecule has 1 aliphatic heterocycles. The molecule has 1 heterocycles. The van der Waals surface area contributed by atoms with Crippen LogP contribution < -0.4 is 10.1 Å². The number of methoxy groups -OCH3 is 1. The molecule has 2 aromatic rings. The Labute approximate surface area is 184 Å². The Bertz CT molecular complexity index is 885. The van der Waals surface area contributed by atoms with Crippen molar-refractivity contribution in [1.82, 2.24) is 15.1 Å². The van der Waals surface area contributed by atoms with Gasteiger partial charge in [-0.25, -0.2) is 4.99 Å². The molecule has 2 aromatic carbocycles. The maximum atomic E-state index is 12.9. The number of para-hydroxylation sites is 2. The summed E-state index contributed by atoms with van der Waals surface area (Å²) in [5, 5.41) is 3.06. The van der Waals surface area contributed by atoms with Crippen molar-refractivity contribution < 1.29 is 9.53 Å². The summed E-state index contributed by atoms with van der Waals surface area (Å²) in [4.78, 5) is 22.5. The molecule has 0 spiro atoms. The lowest BCUT2D eigenvalue weighted by molar-refractivity contribution is 0.0943. The second-order valence-electron chi connectivity index (χ2n) is 8.24. The second kappa shape index (κ2) is 10.4. The van der Waals surface area contributed by atoms with E-state index < -0.39 is 0 Å². The van der Waals surface area contributed by atoms with E-state index in [1.807, 2.05) is 54.6 Å². The first-order valence-corrected chi connectivity index (χ1v) is 11.3. The maximum Gasteiger partial charge on any atom is 0.257 e. The molecule has 1 saturated heterocycles. The van der Waals surface area contributed by atoms with Crippen molar-refractivity contribution in [3.05, 3.63) is 60.2 Å². The van der Waals surface area contributed by atoms with E-state index in [1.54, 1.807) is 7.11 Å². The van der Waals surface area contributed by atoms with Gasteiger partial charge in [-0.3, -0.25) is 15.0 Å². The minimum Gasteiger partial charge on any atom is -0.494 e. The molecule has 164 valence electrons. The zero-order valence-corrected chi connectivity index (χ0v) is 18.3. The molecule has 1 amide bonds. The van der Waals surface area contributed by atoms with E-state index in [1.165, 1.54) is 32.1 Å². The van der Waals surface area contributed by atoms with Crippen LogP contribution in [0.5, 0.6) is 5.75 Å². The monoisotopic (exact) mass is 420 g/mol. The highest BCUT2D eigenvalue weighted by Gasteiger charge is 2.27. The van der Waals surface area contributed by atoms with Gasteiger partial charge in [0.2, 0.25) is 5.96 Å². The van der Waals surface area contributed by atoms with Crippen molar-refractivity contribution in [3.8, 4) is 5.75 Å². The average molecular weight is 421 g/mol. The predicted molar refractivity (Wildman–Crippen MR) is 124 cm³/mol. The Kier molecular flexibility index (Phi) is 7.20.